The van der Waals surface area contributed by atoms with Crippen LogP contribution in [0.3, 0.4) is 0 Å². The molecule has 1 aliphatic carbocycles. The molecule has 3 nitrogen and oxygen atoms in total. The Bertz CT molecular complexity index is 683. The first-order valence-corrected chi connectivity index (χ1v) is 7.09. The molecule has 0 bridgehead atoms. The lowest BCUT2D eigenvalue weighted by molar-refractivity contribution is 0.919. The van der Waals surface area contributed by atoms with E-state index in [0.29, 0.717) is 11.4 Å². The van der Waals surface area contributed by atoms with Gasteiger partial charge in [-0.2, -0.15) is 5.26 Å². The van der Waals surface area contributed by atoms with Crippen molar-refractivity contribution in [2.45, 2.75) is 26.2 Å². The van der Waals surface area contributed by atoms with E-state index in [4.69, 9.17) is 4.98 Å². The molecule has 0 amide bonds. The fourth-order valence-electron chi connectivity index (χ4n) is 2.68. The molecular weight excluding hydrogens is 246 g/mol. The van der Waals surface area contributed by atoms with Crippen molar-refractivity contribution in [3.05, 3.63) is 47.0 Å². The van der Waals surface area contributed by atoms with Gasteiger partial charge in [0.1, 0.15) is 11.9 Å². The van der Waals surface area contributed by atoms with Crippen LogP contribution in [0.15, 0.2) is 30.3 Å². The van der Waals surface area contributed by atoms with Gasteiger partial charge in [0, 0.05) is 12.1 Å². The van der Waals surface area contributed by atoms with Crippen LogP contribution in [0.1, 0.15) is 30.0 Å². The van der Waals surface area contributed by atoms with Gasteiger partial charge >= 0.3 is 0 Å². The fourth-order valence-corrected chi connectivity index (χ4v) is 2.68. The molecule has 0 radical (unpaired) electrons. The highest BCUT2D eigenvalue weighted by Gasteiger charge is 2.19. The van der Waals surface area contributed by atoms with E-state index in [1.165, 1.54) is 16.7 Å². The van der Waals surface area contributed by atoms with Gasteiger partial charge in [-0.25, -0.2) is 4.98 Å². The van der Waals surface area contributed by atoms with Crippen LogP contribution < -0.4 is 5.32 Å². The molecule has 0 aliphatic heterocycles. The van der Waals surface area contributed by atoms with Crippen LogP contribution in [0.5, 0.6) is 0 Å². The number of nitriles is 1. The normalized spacial score (nSPS) is 12.2. The minimum Gasteiger partial charge on any atom is -0.369 e. The molecule has 1 heterocycles. The Labute approximate surface area is 119 Å². The molecule has 1 aliphatic rings. The number of anilines is 1. The Hall–Kier alpha value is -2.34. The number of aromatic nitrogens is 1. The molecule has 0 spiro atoms. The number of nitrogens with zero attached hydrogens (tertiary/aromatic N) is 2. The summed E-state index contributed by atoms with van der Waals surface area (Å²) in [6, 6.07) is 12.7. The Morgan fingerprint density at radius 3 is 2.85 bits per heavy atom. The SMILES string of the molecule is CCCNc1nc2c(cc1C#N)CCc1ccccc1-2. The average Bonchev–Trinajstić information content (AvgIpc) is 2.51. The predicted molar refractivity (Wildman–Crippen MR) is 80.6 cm³/mol. The van der Waals surface area contributed by atoms with Gasteiger partial charge in [-0.3, -0.25) is 0 Å². The molecule has 0 fully saturated rings. The standard InChI is InChI=1S/C17H17N3/c1-2-9-19-17-14(11-18)10-13-8-7-12-5-3-4-6-15(12)16(13)20-17/h3-6,10H,2,7-9H2,1H3,(H,19,20). The third kappa shape index (κ3) is 2.14. The maximum Gasteiger partial charge on any atom is 0.144 e. The Morgan fingerprint density at radius 2 is 2.05 bits per heavy atom. The summed E-state index contributed by atoms with van der Waals surface area (Å²) in [7, 11) is 0. The second-order valence-electron chi connectivity index (χ2n) is 5.09. The van der Waals surface area contributed by atoms with Crippen LogP contribution in [-0.2, 0) is 12.8 Å². The van der Waals surface area contributed by atoms with Crippen molar-refractivity contribution in [2.75, 3.05) is 11.9 Å². The third-order valence-corrected chi connectivity index (χ3v) is 3.70. The van der Waals surface area contributed by atoms with Crippen molar-refractivity contribution < 1.29 is 0 Å². The molecule has 0 unspecified atom stereocenters. The largest absolute Gasteiger partial charge is 0.369 e. The zero-order valence-corrected chi connectivity index (χ0v) is 11.6. The first kappa shape index (κ1) is 12.7. The van der Waals surface area contributed by atoms with Crippen LogP contribution in [0.2, 0.25) is 0 Å². The molecule has 3 rings (SSSR count). The second-order valence-corrected chi connectivity index (χ2v) is 5.09. The van der Waals surface area contributed by atoms with Crippen LogP contribution >= 0.6 is 0 Å². The monoisotopic (exact) mass is 263 g/mol. The number of hydrogen-bond donors (Lipinski definition) is 1. The van der Waals surface area contributed by atoms with Crippen LogP contribution in [0, 0.1) is 11.3 Å². The number of hydrogen-bond acceptors (Lipinski definition) is 3. The molecule has 1 N–H and O–H groups in total. The highest BCUT2D eigenvalue weighted by molar-refractivity contribution is 5.73. The summed E-state index contributed by atoms with van der Waals surface area (Å²) < 4.78 is 0. The minimum atomic E-state index is 0.650. The third-order valence-electron chi connectivity index (χ3n) is 3.70. The van der Waals surface area contributed by atoms with Crippen molar-refractivity contribution in [1.82, 2.24) is 4.98 Å². The van der Waals surface area contributed by atoms with Gasteiger partial charge in [-0.15, -0.1) is 0 Å². The number of benzene rings is 1. The number of pyridine rings is 1. The van der Waals surface area contributed by atoms with Crippen molar-refractivity contribution in [1.29, 1.82) is 5.26 Å². The van der Waals surface area contributed by atoms with E-state index < -0.39 is 0 Å². The molecule has 100 valence electrons. The fraction of sp³-hybridized carbons (Fsp3) is 0.294. The second kappa shape index (κ2) is 5.34. The van der Waals surface area contributed by atoms with Crippen LogP contribution in [0.4, 0.5) is 5.82 Å². The van der Waals surface area contributed by atoms with E-state index >= 15 is 0 Å². The van der Waals surface area contributed by atoms with Crippen molar-refractivity contribution in [3.8, 4) is 17.3 Å². The van der Waals surface area contributed by atoms with Gasteiger partial charge in [-0.05, 0) is 36.5 Å². The quantitative estimate of drug-likeness (QED) is 0.921. The number of rotatable bonds is 3. The topological polar surface area (TPSA) is 48.7 Å². The number of aryl methyl sites for hydroxylation is 2. The maximum atomic E-state index is 9.28. The lowest BCUT2D eigenvalue weighted by Crippen LogP contribution is -2.10. The van der Waals surface area contributed by atoms with E-state index in [1.807, 2.05) is 12.1 Å². The van der Waals surface area contributed by atoms with Crippen LogP contribution in [-0.4, -0.2) is 11.5 Å². The number of fused-ring (bicyclic) bond motifs is 3. The first-order valence-electron chi connectivity index (χ1n) is 7.09. The summed E-state index contributed by atoms with van der Waals surface area (Å²) >= 11 is 0. The van der Waals surface area contributed by atoms with Gasteiger partial charge in [-0.1, -0.05) is 31.2 Å². The van der Waals surface area contributed by atoms with Crippen molar-refractivity contribution >= 4 is 5.82 Å². The smallest absolute Gasteiger partial charge is 0.144 e. The van der Waals surface area contributed by atoms with Gasteiger partial charge in [0.15, 0.2) is 0 Å². The zero-order valence-electron chi connectivity index (χ0n) is 11.6. The molecule has 2 aromatic rings. The molecule has 1 aromatic heterocycles. The van der Waals surface area contributed by atoms with Gasteiger partial charge in [0.05, 0.1) is 11.3 Å². The Balaban J connectivity index is 2.12. The Morgan fingerprint density at radius 1 is 1.25 bits per heavy atom. The summed E-state index contributed by atoms with van der Waals surface area (Å²) in [4.78, 5) is 4.73. The van der Waals surface area contributed by atoms with E-state index in [9.17, 15) is 5.26 Å². The molecule has 0 saturated heterocycles. The molecule has 1 aromatic carbocycles. The van der Waals surface area contributed by atoms with Gasteiger partial charge in [0.25, 0.3) is 0 Å². The van der Waals surface area contributed by atoms with E-state index in [0.717, 1.165) is 31.5 Å². The summed E-state index contributed by atoms with van der Waals surface area (Å²) in [5, 5.41) is 12.5. The van der Waals surface area contributed by atoms with E-state index in [1.54, 1.807) is 0 Å². The lowest BCUT2D eigenvalue weighted by Gasteiger charge is -2.20. The minimum absolute atomic E-state index is 0.650. The summed E-state index contributed by atoms with van der Waals surface area (Å²) in [6.45, 7) is 2.94. The molecule has 20 heavy (non-hydrogen) atoms. The molecular formula is C17H17N3. The first-order chi connectivity index (χ1) is 9.83. The van der Waals surface area contributed by atoms with E-state index in [-0.39, 0.29) is 0 Å². The zero-order chi connectivity index (χ0) is 13.9. The van der Waals surface area contributed by atoms with Crippen molar-refractivity contribution in [2.24, 2.45) is 0 Å². The Kier molecular flexibility index (Phi) is 3.39. The average molecular weight is 263 g/mol. The van der Waals surface area contributed by atoms with Gasteiger partial charge in [0.2, 0.25) is 0 Å². The molecule has 3 heteroatoms. The van der Waals surface area contributed by atoms with Crippen LogP contribution in [0.25, 0.3) is 11.3 Å². The molecule has 0 atom stereocenters. The summed E-state index contributed by atoms with van der Waals surface area (Å²) in [5.41, 5.74) is 5.42. The maximum absolute atomic E-state index is 9.28. The number of nitrogens with one attached hydrogen (secondary N) is 1. The highest BCUT2D eigenvalue weighted by atomic mass is 15.0. The highest BCUT2D eigenvalue weighted by Crippen LogP contribution is 2.34. The van der Waals surface area contributed by atoms with Gasteiger partial charge < -0.3 is 5.32 Å². The summed E-state index contributed by atoms with van der Waals surface area (Å²) in [6.07, 6.45) is 3.00. The molecule has 0 saturated carbocycles. The van der Waals surface area contributed by atoms with E-state index in [2.05, 4.69) is 36.5 Å². The summed E-state index contributed by atoms with van der Waals surface area (Å²) in [5.74, 6) is 0.713. The lowest BCUT2D eigenvalue weighted by atomic mass is 9.88. The van der Waals surface area contributed by atoms with Crippen molar-refractivity contribution in [3.63, 3.8) is 0 Å². The predicted octanol–water partition coefficient (Wildman–Crippen LogP) is 3.54.